The maximum Gasteiger partial charge on any atom is 0.253 e. The highest BCUT2D eigenvalue weighted by atomic mass is 16.2. The zero-order chi connectivity index (χ0) is 26.8. The minimum absolute atomic E-state index is 0.0685. The summed E-state index contributed by atoms with van der Waals surface area (Å²) in [6.07, 6.45) is 3.96. The second-order valence-electron chi connectivity index (χ2n) is 10.6. The topological polar surface area (TPSA) is 72.2 Å². The second kappa shape index (κ2) is 10.9. The van der Waals surface area contributed by atoms with Gasteiger partial charge < -0.3 is 24.9 Å². The molecular formula is C30H36N8O. The SMILES string of the molecule is CN1CCC(N(C)C(=O)c2ccc(Nc3nc4c(N5CCN(c6ccccc6)CC5)cccn4n3)cc2)CC1. The van der Waals surface area contributed by atoms with Crippen molar-refractivity contribution in [1.29, 1.82) is 0 Å². The molecule has 2 aromatic carbocycles. The Morgan fingerprint density at radius 1 is 0.872 bits per heavy atom. The van der Waals surface area contributed by atoms with Crippen LogP contribution in [-0.2, 0) is 0 Å². The van der Waals surface area contributed by atoms with Crippen LogP contribution in [-0.4, -0.2) is 89.7 Å². The molecule has 9 heteroatoms. The maximum absolute atomic E-state index is 13.1. The minimum Gasteiger partial charge on any atom is -0.368 e. The summed E-state index contributed by atoms with van der Waals surface area (Å²) in [5, 5.41) is 7.97. The number of fused-ring (bicyclic) bond motifs is 1. The lowest BCUT2D eigenvalue weighted by Crippen LogP contribution is -2.46. The summed E-state index contributed by atoms with van der Waals surface area (Å²) in [7, 11) is 4.06. The van der Waals surface area contributed by atoms with E-state index in [2.05, 4.69) is 68.6 Å². The summed E-state index contributed by atoms with van der Waals surface area (Å²) in [6.45, 7) is 5.83. The Hall–Kier alpha value is -4.11. The molecule has 0 unspecified atom stereocenters. The summed E-state index contributed by atoms with van der Waals surface area (Å²) in [4.78, 5) is 26.9. The molecule has 1 amide bonds. The first-order valence-electron chi connectivity index (χ1n) is 13.8. The largest absolute Gasteiger partial charge is 0.368 e. The Kier molecular flexibility index (Phi) is 7.06. The zero-order valence-electron chi connectivity index (χ0n) is 22.7. The highest BCUT2D eigenvalue weighted by Gasteiger charge is 2.25. The van der Waals surface area contributed by atoms with Gasteiger partial charge in [-0.05, 0) is 81.5 Å². The normalized spacial score (nSPS) is 17.0. The average Bonchev–Trinajstić information content (AvgIpc) is 3.40. The van der Waals surface area contributed by atoms with Crippen molar-refractivity contribution in [2.24, 2.45) is 0 Å². The standard InChI is InChI=1S/C30H36N8O/c1-34-17-14-25(15-18-34)35(2)29(39)23-10-12-24(13-11-23)31-30-32-28-27(9-6-16-38(28)33-30)37-21-19-36(20-22-37)26-7-4-3-5-8-26/h3-13,16,25H,14-15,17-22H2,1-2H3,(H,31,33). The molecule has 2 aliphatic rings. The van der Waals surface area contributed by atoms with Crippen LogP contribution < -0.4 is 15.1 Å². The molecule has 2 aliphatic heterocycles. The van der Waals surface area contributed by atoms with E-state index in [1.165, 1.54) is 5.69 Å². The molecule has 2 fully saturated rings. The Balaban J connectivity index is 1.11. The molecule has 2 saturated heterocycles. The van der Waals surface area contributed by atoms with Crippen molar-refractivity contribution in [2.75, 3.05) is 68.5 Å². The van der Waals surface area contributed by atoms with E-state index in [0.29, 0.717) is 17.6 Å². The van der Waals surface area contributed by atoms with Crippen molar-refractivity contribution in [2.45, 2.75) is 18.9 Å². The first-order chi connectivity index (χ1) is 19.0. The van der Waals surface area contributed by atoms with Crippen molar-refractivity contribution in [3.63, 3.8) is 0 Å². The summed E-state index contributed by atoms with van der Waals surface area (Å²) in [6, 6.07) is 22.6. The number of benzene rings is 2. The van der Waals surface area contributed by atoms with Crippen LogP contribution in [0.3, 0.4) is 0 Å². The van der Waals surface area contributed by atoms with Gasteiger partial charge in [-0.15, -0.1) is 5.10 Å². The van der Waals surface area contributed by atoms with Gasteiger partial charge in [0.25, 0.3) is 5.91 Å². The molecule has 4 aromatic rings. The third-order valence-corrected chi connectivity index (χ3v) is 8.03. The lowest BCUT2D eigenvalue weighted by molar-refractivity contribution is 0.0659. The number of rotatable bonds is 6. The first kappa shape index (κ1) is 25.2. The third kappa shape index (κ3) is 5.40. The van der Waals surface area contributed by atoms with Crippen LogP contribution in [0.5, 0.6) is 0 Å². The first-order valence-corrected chi connectivity index (χ1v) is 13.8. The molecule has 0 radical (unpaired) electrons. The fraction of sp³-hybridized carbons (Fsp3) is 0.367. The minimum atomic E-state index is 0.0685. The van der Waals surface area contributed by atoms with Crippen molar-refractivity contribution in [3.8, 4) is 0 Å². The maximum atomic E-state index is 13.1. The number of para-hydroxylation sites is 1. The molecule has 0 atom stereocenters. The van der Waals surface area contributed by atoms with Crippen molar-refractivity contribution in [1.82, 2.24) is 24.4 Å². The van der Waals surface area contributed by atoms with Gasteiger partial charge in [-0.1, -0.05) is 18.2 Å². The van der Waals surface area contributed by atoms with E-state index in [4.69, 9.17) is 4.98 Å². The number of hydrogen-bond donors (Lipinski definition) is 1. The van der Waals surface area contributed by atoms with Gasteiger partial charge in [0.15, 0.2) is 5.65 Å². The summed E-state index contributed by atoms with van der Waals surface area (Å²) < 4.78 is 1.83. The van der Waals surface area contributed by atoms with E-state index in [9.17, 15) is 4.79 Å². The molecule has 2 aromatic heterocycles. The number of carbonyl (C=O) groups excluding carboxylic acids is 1. The van der Waals surface area contributed by atoms with Crippen molar-refractivity contribution < 1.29 is 4.79 Å². The number of aromatic nitrogens is 3. The van der Waals surface area contributed by atoms with Gasteiger partial charge in [0.1, 0.15) is 0 Å². The third-order valence-electron chi connectivity index (χ3n) is 8.03. The molecular weight excluding hydrogens is 488 g/mol. The second-order valence-corrected chi connectivity index (χ2v) is 10.6. The Labute approximate surface area is 229 Å². The van der Waals surface area contributed by atoms with Gasteiger partial charge in [-0.2, -0.15) is 4.98 Å². The number of nitrogens with one attached hydrogen (secondary N) is 1. The van der Waals surface area contributed by atoms with Gasteiger partial charge in [0.05, 0.1) is 5.69 Å². The number of piperidine rings is 1. The van der Waals surface area contributed by atoms with E-state index in [-0.39, 0.29) is 5.91 Å². The molecule has 39 heavy (non-hydrogen) atoms. The molecule has 1 N–H and O–H groups in total. The number of pyridine rings is 1. The predicted octanol–water partition coefficient (Wildman–Crippen LogP) is 3.97. The summed E-state index contributed by atoms with van der Waals surface area (Å²) in [5.74, 6) is 0.604. The molecule has 9 nitrogen and oxygen atoms in total. The highest BCUT2D eigenvalue weighted by Crippen LogP contribution is 2.25. The van der Waals surface area contributed by atoms with Crippen LogP contribution in [0, 0.1) is 0 Å². The smallest absolute Gasteiger partial charge is 0.253 e. The number of carbonyl (C=O) groups is 1. The summed E-state index contributed by atoms with van der Waals surface area (Å²) >= 11 is 0. The van der Waals surface area contributed by atoms with Crippen molar-refractivity contribution >= 4 is 34.6 Å². The lowest BCUT2D eigenvalue weighted by atomic mass is 10.0. The van der Waals surface area contributed by atoms with Crippen LogP contribution in [0.4, 0.5) is 23.0 Å². The van der Waals surface area contributed by atoms with Gasteiger partial charge in [0, 0.05) is 62.4 Å². The highest BCUT2D eigenvalue weighted by molar-refractivity contribution is 5.94. The van der Waals surface area contributed by atoms with E-state index in [0.717, 1.165) is 69.1 Å². The van der Waals surface area contributed by atoms with Crippen LogP contribution in [0.1, 0.15) is 23.2 Å². The Bertz CT molecular complexity index is 1400. The molecule has 0 saturated carbocycles. The number of hydrogen-bond acceptors (Lipinski definition) is 7. The quantitative estimate of drug-likeness (QED) is 0.409. The van der Waals surface area contributed by atoms with Crippen LogP contribution >= 0.6 is 0 Å². The van der Waals surface area contributed by atoms with Crippen LogP contribution in [0.15, 0.2) is 72.9 Å². The van der Waals surface area contributed by atoms with E-state index in [1.54, 1.807) is 0 Å². The fourth-order valence-electron chi connectivity index (χ4n) is 5.61. The van der Waals surface area contributed by atoms with E-state index < -0.39 is 0 Å². The lowest BCUT2D eigenvalue weighted by Gasteiger charge is -2.37. The molecule has 0 bridgehead atoms. The predicted molar refractivity (Wildman–Crippen MR) is 156 cm³/mol. The zero-order valence-corrected chi connectivity index (χ0v) is 22.7. The number of nitrogens with zero attached hydrogens (tertiary/aromatic N) is 7. The van der Waals surface area contributed by atoms with Gasteiger partial charge in [-0.3, -0.25) is 4.79 Å². The van der Waals surface area contributed by atoms with Gasteiger partial charge in [0.2, 0.25) is 5.95 Å². The molecule has 6 rings (SSSR count). The number of piperazine rings is 1. The Morgan fingerprint density at radius 2 is 1.56 bits per heavy atom. The van der Waals surface area contributed by atoms with Gasteiger partial charge in [-0.25, -0.2) is 4.52 Å². The number of likely N-dealkylation sites (tertiary alicyclic amines) is 1. The van der Waals surface area contributed by atoms with E-state index >= 15 is 0 Å². The van der Waals surface area contributed by atoms with Crippen molar-refractivity contribution in [3.05, 3.63) is 78.5 Å². The number of amides is 1. The van der Waals surface area contributed by atoms with Crippen LogP contribution in [0.2, 0.25) is 0 Å². The monoisotopic (exact) mass is 524 g/mol. The average molecular weight is 525 g/mol. The number of anilines is 4. The van der Waals surface area contributed by atoms with E-state index in [1.807, 2.05) is 53.0 Å². The van der Waals surface area contributed by atoms with Crippen LogP contribution in [0.25, 0.3) is 5.65 Å². The molecule has 0 spiro atoms. The molecule has 202 valence electrons. The fourth-order valence-corrected chi connectivity index (χ4v) is 5.61. The Morgan fingerprint density at radius 3 is 2.28 bits per heavy atom. The van der Waals surface area contributed by atoms with Gasteiger partial charge >= 0.3 is 0 Å². The molecule has 4 heterocycles. The molecule has 0 aliphatic carbocycles. The summed E-state index contributed by atoms with van der Waals surface area (Å²) in [5.41, 5.74) is 4.73.